The van der Waals surface area contributed by atoms with Crippen molar-refractivity contribution in [3.05, 3.63) is 279 Å². The Kier molecular flexibility index (Phi) is 10.6. The van der Waals surface area contributed by atoms with Crippen molar-refractivity contribution < 1.29 is 0 Å². The molecule has 0 spiro atoms. The molecule has 12 aromatic rings. The van der Waals surface area contributed by atoms with Crippen LogP contribution in [0.4, 0.5) is 34.1 Å². The molecule has 12 aromatic carbocycles. The van der Waals surface area contributed by atoms with E-state index >= 15 is 0 Å². The molecule has 0 N–H and O–H groups in total. The largest absolute Gasteiger partial charge is 0.310 e. The molecule has 0 radical (unpaired) electrons. The second-order valence-electron chi connectivity index (χ2n) is 17.4. The van der Waals surface area contributed by atoms with Crippen molar-refractivity contribution in [2.75, 3.05) is 9.80 Å². The van der Waals surface area contributed by atoms with E-state index in [1.165, 1.54) is 54.7 Å². The number of rotatable bonds is 10. The van der Waals surface area contributed by atoms with Gasteiger partial charge in [-0.05, 0) is 156 Å². The predicted molar refractivity (Wildman–Crippen MR) is 290 cm³/mol. The van der Waals surface area contributed by atoms with Gasteiger partial charge < -0.3 is 9.80 Å². The van der Waals surface area contributed by atoms with E-state index in [0.29, 0.717) is 0 Å². The Labute approximate surface area is 397 Å². The first kappa shape index (κ1) is 40.5. The van der Waals surface area contributed by atoms with Crippen LogP contribution in [0.1, 0.15) is 0 Å². The summed E-state index contributed by atoms with van der Waals surface area (Å²) in [7, 11) is 0. The molecule has 0 unspecified atom stereocenters. The molecule has 320 valence electrons. The second kappa shape index (κ2) is 17.8. The minimum Gasteiger partial charge on any atom is -0.310 e. The third-order valence-corrected chi connectivity index (χ3v) is 13.2. The van der Waals surface area contributed by atoms with Crippen molar-refractivity contribution in [1.82, 2.24) is 0 Å². The summed E-state index contributed by atoms with van der Waals surface area (Å²) >= 11 is 0. The lowest BCUT2D eigenvalue weighted by atomic mass is 9.91. The SMILES string of the molecule is c1ccc(-c2cc3c(-c4ccccc4)cc(N(c4ccccc4)c4ccc(-c5ccc6ccccc6c5)cc4)cc3cc2N(c2ccccc2)c2ccc(-c3ccc4ccccc4c3)cc2)cc1. The van der Waals surface area contributed by atoms with E-state index in [1.54, 1.807) is 0 Å². The van der Waals surface area contributed by atoms with Gasteiger partial charge in [0.05, 0.1) is 5.69 Å². The lowest BCUT2D eigenvalue weighted by Gasteiger charge is -2.30. The van der Waals surface area contributed by atoms with Crippen molar-refractivity contribution in [2.45, 2.75) is 0 Å². The van der Waals surface area contributed by atoms with E-state index in [1.807, 2.05) is 0 Å². The Morgan fingerprint density at radius 3 is 1.10 bits per heavy atom. The van der Waals surface area contributed by atoms with Gasteiger partial charge in [-0.25, -0.2) is 0 Å². The minimum absolute atomic E-state index is 1.07. The van der Waals surface area contributed by atoms with Gasteiger partial charge in [-0.15, -0.1) is 0 Å². The maximum Gasteiger partial charge on any atom is 0.0546 e. The Bertz CT molecular complexity index is 3700. The van der Waals surface area contributed by atoms with Gasteiger partial charge in [0.2, 0.25) is 0 Å². The standard InChI is InChI=1S/C66H46N2/c1-5-19-51(20-6-1)63-45-62(67(58-25-9-3-10-26-58)60-37-33-49(34-38-60)55-31-29-47-17-13-15-23-53(47)41-55)43-57-44-66(65(46-64(57)63)52-21-7-2-8-22-52)68(59-27-11-4-12-28-59)61-39-35-50(36-40-61)56-32-30-48-18-14-16-24-54(48)42-56/h1-46H. The van der Waals surface area contributed by atoms with Gasteiger partial charge in [-0.3, -0.25) is 0 Å². The molecule has 0 saturated heterocycles. The molecule has 0 heterocycles. The van der Waals surface area contributed by atoms with Gasteiger partial charge in [-0.2, -0.15) is 0 Å². The van der Waals surface area contributed by atoms with Crippen molar-refractivity contribution in [3.8, 4) is 44.5 Å². The first-order valence-electron chi connectivity index (χ1n) is 23.3. The summed E-state index contributed by atoms with van der Waals surface area (Å²) in [5.74, 6) is 0. The molecule has 2 nitrogen and oxygen atoms in total. The summed E-state index contributed by atoms with van der Waals surface area (Å²) in [5.41, 5.74) is 15.9. The molecule has 68 heavy (non-hydrogen) atoms. The number of benzene rings is 12. The monoisotopic (exact) mass is 866 g/mol. The van der Waals surface area contributed by atoms with Crippen LogP contribution in [0, 0.1) is 0 Å². The lowest BCUT2D eigenvalue weighted by Crippen LogP contribution is -2.12. The van der Waals surface area contributed by atoms with E-state index in [4.69, 9.17) is 0 Å². The topological polar surface area (TPSA) is 6.48 Å². The molecule has 0 aliphatic heterocycles. The second-order valence-corrected chi connectivity index (χ2v) is 17.4. The molecule has 0 atom stereocenters. The highest BCUT2D eigenvalue weighted by Crippen LogP contribution is 2.47. The van der Waals surface area contributed by atoms with Crippen LogP contribution in [0.15, 0.2) is 279 Å². The molecule has 0 saturated carbocycles. The molecular weight excluding hydrogens is 821 g/mol. The maximum absolute atomic E-state index is 2.42. The molecular formula is C66H46N2. The molecule has 0 amide bonds. The van der Waals surface area contributed by atoms with Gasteiger partial charge in [-0.1, -0.05) is 194 Å². The summed E-state index contributed by atoms with van der Waals surface area (Å²) < 4.78 is 0. The molecule has 0 aromatic heterocycles. The van der Waals surface area contributed by atoms with Crippen LogP contribution < -0.4 is 9.80 Å². The average Bonchev–Trinajstić information content (AvgIpc) is 3.42. The molecule has 0 bridgehead atoms. The fourth-order valence-electron chi connectivity index (χ4n) is 9.78. The van der Waals surface area contributed by atoms with E-state index in [2.05, 4.69) is 289 Å². The van der Waals surface area contributed by atoms with Crippen LogP contribution in [0.25, 0.3) is 76.8 Å². The number of hydrogen-bond donors (Lipinski definition) is 0. The highest BCUT2D eigenvalue weighted by molar-refractivity contribution is 6.07. The predicted octanol–water partition coefficient (Wildman–Crippen LogP) is 18.8. The van der Waals surface area contributed by atoms with Crippen molar-refractivity contribution in [2.24, 2.45) is 0 Å². The highest BCUT2D eigenvalue weighted by atomic mass is 15.1. The Morgan fingerprint density at radius 2 is 0.588 bits per heavy atom. The van der Waals surface area contributed by atoms with Crippen LogP contribution in [-0.4, -0.2) is 0 Å². The van der Waals surface area contributed by atoms with Crippen molar-refractivity contribution >= 4 is 66.4 Å². The molecule has 0 aliphatic rings. The fourth-order valence-corrected chi connectivity index (χ4v) is 9.78. The molecule has 2 heteroatoms. The van der Waals surface area contributed by atoms with Crippen LogP contribution in [0.3, 0.4) is 0 Å². The van der Waals surface area contributed by atoms with Gasteiger partial charge in [0.25, 0.3) is 0 Å². The van der Waals surface area contributed by atoms with E-state index in [9.17, 15) is 0 Å². The quantitative estimate of drug-likeness (QED) is 0.135. The Balaban J connectivity index is 1.05. The number of fused-ring (bicyclic) bond motifs is 3. The van der Waals surface area contributed by atoms with Crippen LogP contribution in [0.2, 0.25) is 0 Å². The smallest absolute Gasteiger partial charge is 0.0546 e. The summed E-state index contributed by atoms with van der Waals surface area (Å²) in [6, 6.07) is 101. The Hall–Kier alpha value is -8.98. The summed E-state index contributed by atoms with van der Waals surface area (Å²) in [4.78, 5) is 4.81. The van der Waals surface area contributed by atoms with Crippen LogP contribution >= 0.6 is 0 Å². The van der Waals surface area contributed by atoms with Gasteiger partial charge >= 0.3 is 0 Å². The zero-order valence-corrected chi connectivity index (χ0v) is 37.5. The average molecular weight is 867 g/mol. The van der Waals surface area contributed by atoms with E-state index in [-0.39, 0.29) is 0 Å². The van der Waals surface area contributed by atoms with Crippen LogP contribution in [0.5, 0.6) is 0 Å². The molecule has 0 aliphatic carbocycles. The van der Waals surface area contributed by atoms with Crippen LogP contribution in [-0.2, 0) is 0 Å². The van der Waals surface area contributed by atoms with E-state index in [0.717, 1.165) is 56.2 Å². The van der Waals surface area contributed by atoms with Crippen molar-refractivity contribution in [1.29, 1.82) is 0 Å². The minimum atomic E-state index is 1.07. The Morgan fingerprint density at radius 1 is 0.191 bits per heavy atom. The van der Waals surface area contributed by atoms with Gasteiger partial charge in [0.1, 0.15) is 0 Å². The summed E-state index contributed by atoms with van der Waals surface area (Å²) in [6.07, 6.45) is 0. The third-order valence-electron chi connectivity index (χ3n) is 13.2. The normalized spacial score (nSPS) is 11.2. The third kappa shape index (κ3) is 7.85. The number of para-hydroxylation sites is 2. The molecule has 12 rings (SSSR count). The van der Waals surface area contributed by atoms with Gasteiger partial charge in [0.15, 0.2) is 0 Å². The number of nitrogens with zero attached hydrogens (tertiary/aromatic N) is 2. The number of hydrogen-bond acceptors (Lipinski definition) is 2. The highest BCUT2D eigenvalue weighted by Gasteiger charge is 2.22. The summed E-state index contributed by atoms with van der Waals surface area (Å²) in [5, 5.41) is 7.29. The zero-order valence-electron chi connectivity index (χ0n) is 37.5. The fraction of sp³-hybridized carbons (Fsp3) is 0. The zero-order chi connectivity index (χ0) is 45.2. The van der Waals surface area contributed by atoms with Crippen molar-refractivity contribution in [3.63, 3.8) is 0 Å². The first-order chi connectivity index (χ1) is 33.7. The number of anilines is 6. The maximum atomic E-state index is 2.42. The van der Waals surface area contributed by atoms with E-state index < -0.39 is 0 Å². The molecule has 0 fully saturated rings. The lowest BCUT2D eigenvalue weighted by molar-refractivity contribution is 1.28. The first-order valence-corrected chi connectivity index (χ1v) is 23.3. The van der Waals surface area contributed by atoms with Gasteiger partial charge in [0, 0.05) is 34.0 Å². The summed E-state index contributed by atoms with van der Waals surface area (Å²) in [6.45, 7) is 0.